The molecule has 0 amide bonds. The number of carboxylic acids is 2. The maximum atomic E-state index is 9.00. The van der Waals surface area contributed by atoms with Crippen LogP contribution in [-0.2, 0) is 9.59 Å². The molecule has 0 saturated carbocycles. The van der Waals surface area contributed by atoms with Gasteiger partial charge in [0.05, 0.1) is 0 Å². The fraction of sp³-hybridized carbons (Fsp3) is 0.571. The third kappa shape index (κ3) is 175. The van der Waals surface area contributed by atoms with Crippen LogP contribution in [0.25, 0.3) is 0 Å². The van der Waals surface area contributed by atoms with E-state index >= 15 is 0 Å². The van der Waals surface area contributed by atoms with E-state index in [1.807, 2.05) is 0 Å². The Labute approximate surface area is 97.8 Å². The zero-order valence-corrected chi connectivity index (χ0v) is 10.0. The molecule has 0 aromatic heterocycles. The van der Waals surface area contributed by atoms with E-state index in [0.717, 1.165) is 13.8 Å². The number of hydrogen-bond acceptors (Lipinski definition) is 2. The highest BCUT2D eigenvalue weighted by Crippen LogP contribution is 2.28. The van der Waals surface area contributed by atoms with Crippen LogP contribution in [0, 0.1) is 6.92 Å². The molecule has 0 aromatic rings. The first-order valence-electron chi connectivity index (χ1n) is 3.28. The Morgan fingerprint density at radius 1 is 1.14 bits per heavy atom. The molecule has 0 rings (SSSR count). The van der Waals surface area contributed by atoms with Crippen LogP contribution in [0.3, 0.4) is 0 Å². The average Bonchev–Trinajstić information content (AvgIpc) is 1.83. The molecule has 0 heterocycles. The second-order valence-electron chi connectivity index (χ2n) is 1.90. The van der Waals surface area contributed by atoms with Crippen LogP contribution in [0.15, 0.2) is 0 Å². The predicted molar refractivity (Wildman–Crippen MR) is 56.9 cm³/mol. The van der Waals surface area contributed by atoms with Crippen molar-refractivity contribution < 1.29 is 19.8 Å². The molecule has 0 aromatic carbocycles. The lowest BCUT2D eigenvalue weighted by Gasteiger charge is -2.02. The molecule has 0 bridgehead atoms. The second-order valence-corrected chi connectivity index (χ2v) is 4.42. The van der Waals surface area contributed by atoms with Crippen molar-refractivity contribution in [3.05, 3.63) is 6.92 Å². The van der Waals surface area contributed by atoms with Gasteiger partial charge in [0.25, 0.3) is 11.9 Å². The van der Waals surface area contributed by atoms with Gasteiger partial charge in [-0.1, -0.05) is 34.8 Å². The fourth-order valence-electron chi connectivity index (χ4n) is 0. The first-order chi connectivity index (χ1) is 6.02. The highest BCUT2D eigenvalue weighted by molar-refractivity contribution is 6.67. The Bertz CT molecular complexity index is 145. The maximum absolute atomic E-state index is 9.00. The van der Waals surface area contributed by atoms with Gasteiger partial charge in [0.15, 0.2) is 3.79 Å². The quantitative estimate of drug-likeness (QED) is 0.661. The van der Waals surface area contributed by atoms with Gasteiger partial charge in [-0.2, -0.15) is 0 Å². The van der Waals surface area contributed by atoms with Crippen LogP contribution in [0.4, 0.5) is 0 Å². The summed E-state index contributed by atoms with van der Waals surface area (Å²) in [6.45, 7) is 5.53. The van der Waals surface area contributed by atoms with Crippen molar-refractivity contribution in [3.63, 3.8) is 0 Å². The van der Waals surface area contributed by atoms with E-state index < -0.39 is 15.7 Å². The van der Waals surface area contributed by atoms with Gasteiger partial charge in [-0.05, 0) is 13.3 Å². The van der Waals surface area contributed by atoms with Crippen LogP contribution in [-0.4, -0.2) is 25.9 Å². The molecule has 85 valence electrons. The Morgan fingerprint density at radius 3 is 1.21 bits per heavy atom. The van der Waals surface area contributed by atoms with Crippen LogP contribution < -0.4 is 0 Å². The van der Waals surface area contributed by atoms with Crippen LogP contribution >= 0.6 is 34.8 Å². The van der Waals surface area contributed by atoms with E-state index in [2.05, 4.69) is 6.92 Å². The van der Waals surface area contributed by atoms with Crippen molar-refractivity contribution in [3.8, 4) is 0 Å². The molecule has 0 aliphatic carbocycles. The molecule has 0 aliphatic rings. The summed E-state index contributed by atoms with van der Waals surface area (Å²) in [4.78, 5) is 18.0. The van der Waals surface area contributed by atoms with Crippen molar-refractivity contribution in [1.29, 1.82) is 0 Å². The molecule has 0 fully saturated rings. The van der Waals surface area contributed by atoms with Gasteiger partial charge < -0.3 is 10.2 Å². The van der Waals surface area contributed by atoms with Crippen molar-refractivity contribution >= 4 is 46.7 Å². The van der Waals surface area contributed by atoms with E-state index in [0.29, 0.717) is 6.42 Å². The normalized spacial score (nSPS) is 8.71. The SMILES string of the molecule is CC(=O)O.CC(=O)O.[CH2]CC(Cl)(Cl)Cl. The van der Waals surface area contributed by atoms with Gasteiger partial charge >= 0.3 is 0 Å². The summed E-state index contributed by atoms with van der Waals surface area (Å²) < 4.78 is -1.15. The summed E-state index contributed by atoms with van der Waals surface area (Å²) >= 11 is 15.6. The van der Waals surface area contributed by atoms with Gasteiger partial charge in [0.1, 0.15) is 0 Å². The van der Waals surface area contributed by atoms with Crippen LogP contribution in [0.1, 0.15) is 20.3 Å². The predicted octanol–water partition coefficient (Wildman–Crippen LogP) is 2.76. The smallest absolute Gasteiger partial charge is 0.300 e. The monoisotopic (exact) mass is 265 g/mol. The number of alkyl halides is 3. The molecule has 0 aliphatic heterocycles. The average molecular weight is 267 g/mol. The van der Waals surface area contributed by atoms with E-state index in [1.165, 1.54) is 0 Å². The first kappa shape index (κ1) is 19.4. The van der Waals surface area contributed by atoms with Gasteiger partial charge in [0, 0.05) is 13.8 Å². The minimum absolute atomic E-state index is 0.317. The van der Waals surface area contributed by atoms with Gasteiger partial charge in [-0.15, -0.1) is 0 Å². The second kappa shape index (κ2) is 10.9. The highest BCUT2D eigenvalue weighted by Gasteiger charge is 2.14. The number of hydrogen-bond donors (Lipinski definition) is 2. The summed E-state index contributed by atoms with van der Waals surface area (Å²) in [6, 6.07) is 0. The lowest BCUT2D eigenvalue weighted by atomic mass is 10.6. The molecule has 1 radical (unpaired) electrons. The lowest BCUT2D eigenvalue weighted by Crippen LogP contribution is -1.96. The van der Waals surface area contributed by atoms with Crippen LogP contribution in [0.5, 0.6) is 0 Å². The van der Waals surface area contributed by atoms with E-state index in [1.54, 1.807) is 0 Å². The minimum atomic E-state index is -1.15. The summed E-state index contributed by atoms with van der Waals surface area (Å²) in [5.74, 6) is -1.67. The molecular weight excluding hydrogens is 254 g/mol. The molecule has 0 unspecified atom stereocenters. The molecule has 7 heteroatoms. The molecule has 0 atom stereocenters. The molecular formula is C7H12Cl3O4. The fourth-order valence-corrected chi connectivity index (χ4v) is 0. The Kier molecular flexibility index (Phi) is 15.1. The largest absolute Gasteiger partial charge is 0.481 e. The highest BCUT2D eigenvalue weighted by atomic mass is 35.6. The Hall–Kier alpha value is -0.190. The van der Waals surface area contributed by atoms with Crippen LogP contribution in [0.2, 0.25) is 0 Å². The summed E-state index contributed by atoms with van der Waals surface area (Å²) in [5, 5.41) is 14.8. The standard InChI is InChI=1S/C3H4Cl3.2C2H4O2/c1-2-3(4,5)6;2*1-2(3)4/h1-2H2;2*1H3,(H,3,4). The molecule has 2 N–H and O–H groups in total. The summed E-state index contributed by atoms with van der Waals surface area (Å²) in [7, 11) is 0. The summed E-state index contributed by atoms with van der Waals surface area (Å²) in [5.41, 5.74) is 0. The zero-order chi connectivity index (χ0) is 12.4. The number of carboxylic acid groups (broad SMARTS) is 2. The van der Waals surface area contributed by atoms with Crippen molar-refractivity contribution in [2.45, 2.75) is 24.1 Å². The van der Waals surface area contributed by atoms with Gasteiger partial charge in [0.2, 0.25) is 0 Å². The van der Waals surface area contributed by atoms with E-state index in [9.17, 15) is 0 Å². The van der Waals surface area contributed by atoms with E-state index in [-0.39, 0.29) is 0 Å². The third-order valence-electron chi connectivity index (χ3n) is 0.283. The van der Waals surface area contributed by atoms with Crippen molar-refractivity contribution in [2.75, 3.05) is 0 Å². The van der Waals surface area contributed by atoms with Crippen molar-refractivity contribution in [2.24, 2.45) is 0 Å². The van der Waals surface area contributed by atoms with Gasteiger partial charge in [-0.3, -0.25) is 9.59 Å². The zero-order valence-electron chi connectivity index (χ0n) is 7.76. The third-order valence-corrected chi connectivity index (χ3v) is 0.850. The number of aliphatic carboxylic acids is 2. The maximum Gasteiger partial charge on any atom is 0.300 e. The number of carbonyl (C=O) groups is 2. The molecule has 0 saturated heterocycles. The minimum Gasteiger partial charge on any atom is -0.481 e. The number of halogens is 3. The Morgan fingerprint density at radius 2 is 1.21 bits per heavy atom. The molecule has 14 heavy (non-hydrogen) atoms. The molecule has 4 nitrogen and oxygen atoms in total. The summed E-state index contributed by atoms with van der Waals surface area (Å²) in [6.07, 6.45) is 0.317. The topological polar surface area (TPSA) is 74.6 Å². The Balaban J connectivity index is -0.000000135. The first-order valence-corrected chi connectivity index (χ1v) is 4.41. The lowest BCUT2D eigenvalue weighted by molar-refractivity contribution is -0.135. The van der Waals surface area contributed by atoms with Crippen molar-refractivity contribution in [1.82, 2.24) is 0 Å². The van der Waals surface area contributed by atoms with Gasteiger partial charge in [-0.25, -0.2) is 0 Å². The number of rotatable bonds is 0. The van der Waals surface area contributed by atoms with E-state index in [4.69, 9.17) is 54.6 Å². The molecule has 0 spiro atoms.